The highest BCUT2D eigenvalue weighted by atomic mass is 16.5. The van der Waals surface area contributed by atoms with Crippen molar-refractivity contribution in [1.82, 2.24) is 5.32 Å². The molecular weight excluding hydrogens is 272 g/mol. The van der Waals surface area contributed by atoms with Crippen molar-refractivity contribution in [2.75, 3.05) is 38.7 Å². The van der Waals surface area contributed by atoms with E-state index in [1.807, 2.05) is 0 Å². The largest absolute Gasteiger partial charge is 0.493 e. The summed E-state index contributed by atoms with van der Waals surface area (Å²) in [6.45, 7) is 2.00. The van der Waals surface area contributed by atoms with Gasteiger partial charge in [0.1, 0.15) is 6.61 Å². The van der Waals surface area contributed by atoms with Gasteiger partial charge in [0.15, 0.2) is 11.5 Å². The zero-order chi connectivity index (χ0) is 15.1. The molecule has 1 amide bonds. The third-order valence-electron chi connectivity index (χ3n) is 3.43. The second-order valence-electron chi connectivity index (χ2n) is 5.05. The van der Waals surface area contributed by atoms with Crippen LogP contribution in [-0.4, -0.2) is 44.4 Å². The first-order chi connectivity index (χ1) is 10.2. The van der Waals surface area contributed by atoms with Crippen molar-refractivity contribution in [2.24, 2.45) is 5.92 Å². The van der Waals surface area contributed by atoms with Gasteiger partial charge < -0.3 is 25.2 Å². The first kappa shape index (κ1) is 15.6. The summed E-state index contributed by atoms with van der Waals surface area (Å²) in [6.07, 6.45) is 1.56. The van der Waals surface area contributed by atoms with Crippen molar-refractivity contribution in [1.29, 1.82) is 0 Å². The number of aliphatic hydroxyl groups is 1. The summed E-state index contributed by atoms with van der Waals surface area (Å²) in [6, 6.07) is 5.22. The number of benzene rings is 1. The second kappa shape index (κ2) is 7.85. The lowest BCUT2D eigenvalue weighted by Gasteiger charge is -2.13. The van der Waals surface area contributed by atoms with E-state index in [0.29, 0.717) is 29.5 Å². The topological polar surface area (TPSA) is 79.8 Å². The van der Waals surface area contributed by atoms with Crippen LogP contribution >= 0.6 is 0 Å². The molecule has 0 bridgehead atoms. The Hall–Kier alpha value is -1.79. The Bertz CT molecular complexity index is 473. The number of methoxy groups -OCH3 is 1. The number of amides is 1. The number of rotatable bonds is 7. The molecule has 0 spiro atoms. The van der Waals surface area contributed by atoms with Gasteiger partial charge in [-0.05, 0) is 37.6 Å². The van der Waals surface area contributed by atoms with E-state index < -0.39 is 0 Å². The molecule has 1 aliphatic heterocycles. The van der Waals surface area contributed by atoms with Crippen molar-refractivity contribution in [3.8, 4) is 11.5 Å². The number of hydrogen-bond donors (Lipinski definition) is 3. The van der Waals surface area contributed by atoms with Gasteiger partial charge in [0.05, 0.1) is 13.7 Å². The Morgan fingerprint density at radius 3 is 3.00 bits per heavy atom. The molecule has 1 aliphatic rings. The lowest BCUT2D eigenvalue weighted by molar-refractivity contribution is -0.116. The van der Waals surface area contributed by atoms with Gasteiger partial charge in [-0.2, -0.15) is 0 Å². The Balaban J connectivity index is 1.96. The van der Waals surface area contributed by atoms with Crippen LogP contribution in [0.15, 0.2) is 18.2 Å². The molecule has 1 fully saturated rings. The van der Waals surface area contributed by atoms with Crippen LogP contribution in [0.2, 0.25) is 0 Å². The van der Waals surface area contributed by atoms with Crippen molar-refractivity contribution >= 4 is 11.6 Å². The molecule has 0 aliphatic carbocycles. The lowest BCUT2D eigenvalue weighted by Crippen LogP contribution is -2.18. The average molecular weight is 294 g/mol. The molecule has 1 aromatic carbocycles. The number of carbonyl (C=O) groups excluding carboxylic acids is 1. The van der Waals surface area contributed by atoms with E-state index in [2.05, 4.69) is 10.6 Å². The molecule has 3 N–H and O–H groups in total. The highest BCUT2D eigenvalue weighted by Gasteiger charge is 2.18. The number of nitrogens with one attached hydrogen (secondary N) is 2. The smallest absolute Gasteiger partial charge is 0.224 e. The second-order valence-corrected chi connectivity index (χ2v) is 5.05. The fraction of sp³-hybridized carbons (Fsp3) is 0.533. The van der Waals surface area contributed by atoms with E-state index >= 15 is 0 Å². The summed E-state index contributed by atoms with van der Waals surface area (Å²) in [5.74, 6) is 1.49. The molecular formula is C15H22N2O4. The minimum absolute atomic E-state index is 0.00183. The lowest BCUT2D eigenvalue weighted by atomic mass is 10.0. The molecule has 1 atom stereocenters. The summed E-state index contributed by atoms with van der Waals surface area (Å²) in [5.41, 5.74) is 0.666. The van der Waals surface area contributed by atoms with Crippen molar-refractivity contribution in [3.63, 3.8) is 0 Å². The summed E-state index contributed by atoms with van der Waals surface area (Å²) in [5, 5.41) is 14.9. The standard InChI is InChI=1S/C15H22N2O4/c1-20-13-3-2-12(9-14(13)21-7-6-18)17-15(19)8-11-4-5-16-10-11/h2-3,9,11,16,18H,4-8,10H2,1H3,(H,17,19). The number of aliphatic hydroxyl groups excluding tert-OH is 1. The quantitative estimate of drug-likeness (QED) is 0.699. The molecule has 1 aromatic rings. The Morgan fingerprint density at radius 2 is 2.33 bits per heavy atom. The minimum atomic E-state index is -0.0750. The zero-order valence-electron chi connectivity index (χ0n) is 12.2. The normalized spacial score (nSPS) is 17.5. The summed E-state index contributed by atoms with van der Waals surface area (Å²) in [7, 11) is 1.55. The van der Waals surface area contributed by atoms with Gasteiger partial charge in [0, 0.05) is 18.2 Å². The molecule has 21 heavy (non-hydrogen) atoms. The van der Waals surface area contributed by atoms with Gasteiger partial charge >= 0.3 is 0 Å². The highest BCUT2D eigenvalue weighted by Crippen LogP contribution is 2.30. The highest BCUT2D eigenvalue weighted by molar-refractivity contribution is 5.91. The van der Waals surface area contributed by atoms with Crippen LogP contribution in [-0.2, 0) is 4.79 Å². The van der Waals surface area contributed by atoms with Crippen LogP contribution in [0.1, 0.15) is 12.8 Å². The summed E-state index contributed by atoms with van der Waals surface area (Å²) >= 11 is 0. The Labute approximate surface area is 124 Å². The Kier molecular flexibility index (Phi) is 5.83. The maximum atomic E-state index is 12.0. The van der Waals surface area contributed by atoms with Crippen molar-refractivity contribution in [3.05, 3.63) is 18.2 Å². The summed E-state index contributed by atoms with van der Waals surface area (Å²) in [4.78, 5) is 12.0. The molecule has 116 valence electrons. The van der Waals surface area contributed by atoms with E-state index in [9.17, 15) is 4.79 Å². The molecule has 0 aromatic heterocycles. The first-order valence-corrected chi connectivity index (χ1v) is 7.15. The third-order valence-corrected chi connectivity index (χ3v) is 3.43. The SMILES string of the molecule is COc1ccc(NC(=O)CC2CCNC2)cc1OCCO. The maximum Gasteiger partial charge on any atom is 0.224 e. The van der Waals surface area contributed by atoms with Gasteiger partial charge in [-0.1, -0.05) is 0 Å². The molecule has 0 saturated carbocycles. The van der Waals surface area contributed by atoms with Crippen LogP contribution in [0.25, 0.3) is 0 Å². The minimum Gasteiger partial charge on any atom is -0.493 e. The van der Waals surface area contributed by atoms with Gasteiger partial charge in [-0.3, -0.25) is 4.79 Å². The van der Waals surface area contributed by atoms with Gasteiger partial charge in [0.2, 0.25) is 5.91 Å². The fourth-order valence-electron chi connectivity index (χ4n) is 2.39. The molecule has 1 heterocycles. The molecule has 1 unspecified atom stereocenters. The zero-order valence-corrected chi connectivity index (χ0v) is 12.2. The van der Waals surface area contributed by atoms with E-state index in [1.165, 1.54) is 0 Å². The molecule has 2 rings (SSSR count). The van der Waals surface area contributed by atoms with E-state index in [4.69, 9.17) is 14.6 Å². The number of anilines is 1. The van der Waals surface area contributed by atoms with Gasteiger partial charge in [-0.15, -0.1) is 0 Å². The van der Waals surface area contributed by atoms with E-state index in [1.54, 1.807) is 25.3 Å². The van der Waals surface area contributed by atoms with Crippen LogP contribution in [0, 0.1) is 5.92 Å². The third kappa shape index (κ3) is 4.61. The van der Waals surface area contributed by atoms with Gasteiger partial charge in [0.25, 0.3) is 0 Å². The van der Waals surface area contributed by atoms with Crippen LogP contribution in [0.4, 0.5) is 5.69 Å². The first-order valence-electron chi connectivity index (χ1n) is 7.15. The average Bonchev–Trinajstić information content (AvgIpc) is 2.98. The Morgan fingerprint density at radius 1 is 1.48 bits per heavy atom. The number of carbonyl (C=O) groups is 1. The molecule has 0 radical (unpaired) electrons. The molecule has 6 nitrogen and oxygen atoms in total. The van der Waals surface area contributed by atoms with E-state index in [-0.39, 0.29) is 19.1 Å². The van der Waals surface area contributed by atoms with Crippen LogP contribution in [0.3, 0.4) is 0 Å². The van der Waals surface area contributed by atoms with Gasteiger partial charge in [-0.25, -0.2) is 0 Å². The van der Waals surface area contributed by atoms with Crippen LogP contribution < -0.4 is 20.1 Å². The maximum absolute atomic E-state index is 12.0. The monoisotopic (exact) mass is 294 g/mol. The van der Waals surface area contributed by atoms with Crippen molar-refractivity contribution in [2.45, 2.75) is 12.8 Å². The molecule has 1 saturated heterocycles. The van der Waals surface area contributed by atoms with Crippen LogP contribution in [0.5, 0.6) is 11.5 Å². The number of ether oxygens (including phenoxy) is 2. The predicted molar refractivity (Wildman–Crippen MR) is 79.8 cm³/mol. The van der Waals surface area contributed by atoms with E-state index in [0.717, 1.165) is 19.5 Å². The number of hydrogen-bond acceptors (Lipinski definition) is 5. The molecule has 6 heteroatoms. The van der Waals surface area contributed by atoms with Crippen molar-refractivity contribution < 1.29 is 19.4 Å². The predicted octanol–water partition coefficient (Wildman–Crippen LogP) is 1.00. The fourth-order valence-corrected chi connectivity index (χ4v) is 2.39. The summed E-state index contributed by atoms with van der Waals surface area (Å²) < 4.78 is 10.6.